The number of nitrogens with two attached hydrogens (primary N) is 1. The topological polar surface area (TPSA) is 118 Å². The monoisotopic (exact) mass is 280 g/mol. The summed E-state index contributed by atoms with van der Waals surface area (Å²) in [4.78, 5) is 17.2. The van der Waals surface area contributed by atoms with Crippen molar-refractivity contribution in [2.45, 2.75) is 11.8 Å². The Morgan fingerprint density at radius 1 is 1.26 bits per heavy atom. The van der Waals surface area contributed by atoms with Crippen molar-refractivity contribution >= 4 is 21.5 Å². The van der Waals surface area contributed by atoms with Gasteiger partial charge in [-0.1, -0.05) is 0 Å². The quantitative estimate of drug-likeness (QED) is 0.706. The van der Waals surface area contributed by atoms with Gasteiger partial charge in [0.15, 0.2) is 0 Å². The van der Waals surface area contributed by atoms with E-state index in [0.717, 1.165) is 0 Å². The standard InChI is InChI=1S/C11H12N4O3S/c1-7-6-10(14-11(16)13-7)15-19(17,18)9-4-2-8(12)3-5-9/h2-6H,12H2,1H3,(H2,13,14,15,16). The molecule has 19 heavy (non-hydrogen) atoms. The number of anilines is 2. The average molecular weight is 280 g/mol. The van der Waals surface area contributed by atoms with Crippen LogP contribution in [0, 0.1) is 6.92 Å². The van der Waals surface area contributed by atoms with Crippen molar-refractivity contribution in [3.8, 4) is 0 Å². The third-order valence-corrected chi connectivity index (χ3v) is 3.68. The number of nitrogens with zero attached hydrogens (tertiary/aromatic N) is 1. The molecule has 0 aliphatic heterocycles. The number of aryl methyl sites for hydroxylation is 1. The molecule has 4 N–H and O–H groups in total. The molecule has 0 radical (unpaired) electrons. The minimum atomic E-state index is -3.78. The van der Waals surface area contributed by atoms with Crippen LogP contribution >= 0.6 is 0 Å². The second kappa shape index (κ2) is 4.73. The van der Waals surface area contributed by atoms with Crippen LogP contribution in [0.5, 0.6) is 0 Å². The largest absolute Gasteiger partial charge is 0.399 e. The summed E-state index contributed by atoms with van der Waals surface area (Å²) >= 11 is 0. The molecule has 2 rings (SSSR count). The molecule has 0 saturated heterocycles. The van der Waals surface area contributed by atoms with Crippen molar-refractivity contribution in [1.82, 2.24) is 9.97 Å². The second-order valence-corrected chi connectivity index (χ2v) is 5.61. The zero-order chi connectivity index (χ0) is 14.0. The molecule has 0 aliphatic carbocycles. The first kappa shape index (κ1) is 13.1. The zero-order valence-corrected chi connectivity index (χ0v) is 10.9. The Morgan fingerprint density at radius 3 is 2.47 bits per heavy atom. The van der Waals surface area contributed by atoms with Gasteiger partial charge in [0.1, 0.15) is 5.82 Å². The van der Waals surface area contributed by atoms with Crippen LogP contribution in [-0.2, 0) is 10.0 Å². The molecule has 0 bridgehead atoms. The van der Waals surface area contributed by atoms with Crippen LogP contribution in [0.3, 0.4) is 0 Å². The van der Waals surface area contributed by atoms with Gasteiger partial charge in [0.25, 0.3) is 10.0 Å². The molecule has 0 unspecified atom stereocenters. The van der Waals surface area contributed by atoms with Gasteiger partial charge in [0, 0.05) is 17.4 Å². The number of hydrogen-bond acceptors (Lipinski definition) is 5. The summed E-state index contributed by atoms with van der Waals surface area (Å²) in [5, 5.41) is 0. The van der Waals surface area contributed by atoms with Gasteiger partial charge in [-0.15, -0.1) is 0 Å². The van der Waals surface area contributed by atoms with Crippen LogP contribution in [0.25, 0.3) is 0 Å². The number of sulfonamides is 1. The first-order valence-electron chi connectivity index (χ1n) is 5.33. The van der Waals surface area contributed by atoms with E-state index in [1.165, 1.54) is 30.3 Å². The molecule has 1 aromatic heterocycles. The summed E-state index contributed by atoms with van der Waals surface area (Å²) < 4.78 is 26.3. The van der Waals surface area contributed by atoms with Crippen LogP contribution in [0.1, 0.15) is 5.69 Å². The molecule has 0 atom stereocenters. The third kappa shape index (κ3) is 3.10. The lowest BCUT2D eigenvalue weighted by Gasteiger charge is -2.07. The highest BCUT2D eigenvalue weighted by atomic mass is 32.2. The maximum absolute atomic E-state index is 12.0. The summed E-state index contributed by atoms with van der Waals surface area (Å²) in [5.74, 6) is -0.0296. The molecule has 1 heterocycles. The van der Waals surface area contributed by atoms with E-state index in [1.54, 1.807) is 6.92 Å². The predicted octanol–water partition coefficient (Wildman–Crippen LogP) is 0.461. The Labute approximate surface area is 109 Å². The summed E-state index contributed by atoms with van der Waals surface area (Å²) in [7, 11) is -3.78. The van der Waals surface area contributed by atoms with Crippen LogP contribution in [0.4, 0.5) is 11.5 Å². The average Bonchev–Trinajstić information content (AvgIpc) is 2.27. The molecule has 8 heteroatoms. The molecule has 0 saturated carbocycles. The SMILES string of the molecule is Cc1cc(NS(=O)(=O)c2ccc(N)cc2)nc(=O)[nH]1. The molecule has 0 fully saturated rings. The van der Waals surface area contributed by atoms with Crippen molar-refractivity contribution < 1.29 is 8.42 Å². The molecule has 100 valence electrons. The zero-order valence-electron chi connectivity index (χ0n) is 10.0. The van der Waals surface area contributed by atoms with E-state index >= 15 is 0 Å². The Balaban J connectivity index is 2.36. The van der Waals surface area contributed by atoms with Crippen molar-refractivity contribution in [2.24, 2.45) is 0 Å². The fourth-order valence-electron chi connectivity index (χ4n) is 1.48. The minimum absolute atomic E-state index is 0.0296. The van der Waals surface area contributed by atoms with E-state index in [-0.39, 0.29) is 10.7 Å². The first-order valence-corrected chi connectivity index (χ1v) is 6.81. The molecule has 2 aromatic rings. The Morgan fingerprint density at radius 2 is 1.89 bits per heavy atom. The molecule has 7 nitrogen and oxygen atoms in total. The van der Waals surface area contributed by atoms with E-state index in [9.17, 15) is 13.2 Å². The summed E-state index contributed by atoms with van der Waals surface area (Å²) in [6.07, 6.45) is 0. The molecule has 0 amide bonds. The molecule has 1 aromatic carbocycles. The van der Waals surface area contributed by atoms with Gasteiger partial charge < -0.3 is 10.7 Å². The molecule has 0 spiro atoms. The Hall–Kier alpha value is -2.35. The van der Waals surface area contributed by atoms with Crippen LogP contribution in [0.2, 0.25) is 0 Å². The number of nitrogen functional groups attached to an aromatic ring is 1. The van der Waals surface area contributed by atoms with Gasteiger partial charge >= 0.3 is 5.69 Å². The highest BCUT2D eigenvalue weighted by Gasteiger charge is 2.14. The number of aromatic amines is 1. The number of nitrogens with one attached hydrogen (secondary N) is 2. The Kier molecular flexibility index (Phi) is 3.26. The number of hydrogen-bond donors (Lipinski definition) is 3. The lowest BCUT2D eigenvalue weighted by atomic mass is 10.3. The maximum Gasteiger partial charge on any atom is 0.347 e. The minimum Gasteiger partial charge on any atom is -0.399 e. The van der Waals surface area contributed by atoms with E-state index < -0.39 is 15.7 Å². The van der Waals surface area contributed by atoms with E-state index in [0.29, 0.717) is 11.4 Å². The fraction of sp³-hybridized carbons (Fsp3) is 0.0909. The predicted molar refractivity (Wildman–Crippen MR) is 71.3 cm³/mol. The van der Waals surface area contributed by atoms with Gasteiger partial charge in [-0.3, -0.25) is 4.72 Å². The summed E-state index contributed by atoms with van der Waals surface area (Å²) in [6, 6.07) is 7.13. The number of benzene rings is 1. The van der Waals surface area contributed by atoms with Crippen LogP contribution < -0.4 is 16.1 Å². The lowest BCUT2D eigenvalue weighted by Crippen LogP contribution is -2.19. The van der Waals surface area contributed by atoms with Crippen molar-refractivity contribution in [2.75, 3.05) is 10.5 Å². The molecular weight excluding hydrogens is 268 g/mol. The van der Waals surface area contributed by atoms with Gasteiger partial charge in [0.2, 0.25) is 0 Å². The lowest BCUT2D eigenvalue weighted by molar-refractivity contribution is 0.601. The first-order chi connectivity index (χ1) is 8.87. The number of aromatic nitrogens is 2. The van der Waals surface area contributed by atoms with Crippen molar-refractivity contribution in [3.05, 3.63) is 46.5 Å². The Bertz CT molecular complexity index is 750. The fourth-order valence-corrected chi connectivity index (χ4v) is 2.47. The van der Waals surface area contributed by atoms with Gasteiger partial charge in [-0.25, -0.2) is 13.2 Å². The maximum atomic E-state index is 12.0. The number of H-pyrrole nitrogens is 1. The normalized spacial score (nSPS) is 11.2. The summed E-state index contributed by atoms with van der Waals surface area (Å²) in [6.45, 7) is 1.63. The van der Waals surface area contributed by atoms with Crippen LogP contribution in [-0.4, -0.2) is 18.4 Å². The smallest absolute Gasteiger partial charge is 0.347 e. The van der Waals surface area contributed by atoms with Gasteiger partial charge in [-0.2, -0.15) is 4.98 Å². The van der Waals surface area contributed by atoms with Crippen LogP contribution in [0.15, 0.2) is 40.0 Å². The van der Waals surface area contributed by atoms with E-state index in [4.69, 9.17) is 5.73 Å². The van der Waals surface area contributed by atoms with E-state index in [1.807, 2.05) is 0 Å². The highest BCUT2D eigenvalue weighted by molar-refractivity contribution is 7.92. The third-order valence-electron chi connectivity index (χ3n) is 2.31. The second-order valence-electron chi connectivity index (χ2n) is 3.93. The van der Waals surface area contributed by atoms with Crippen molar-refractivity contribution in [3.63, 3.8) is 0 Å². The van der Waals surface area contributed by atoms with Crippen molar-refractivity contribution in [1.29, 1.82) is 0 Å². The molecule has 0 aliphatic rings. The van der Waals surface area contributed by atoms with Gasteiger partial charge in [-0.05, 0) is 31.2 Å². The highest BCUT2D eigenvalue weighted by Crippen LogP contribution is 2.15. The number of rotatable bonds is 3. The molecular formula is C11H12N4O3S. The van der Waals surface area contributed by atoms with Gasteiger partial charge in [0.05, 0.1) is 4.90 Å². The summed E-state index contributed by atoms with van der Waals surface area (Å²) in [5.41, 5.74) is 5.84. The van der Waals surface area contributed by atoms with E-state index in [2.05, 4.69) is 14.7 Å².